The summed E-state index contributed by atoms with van der Waals surface area (Å²) in [6.07, 6.45) is 1.81. The highest BCUT2D eigenvalue weighted by atomic mass is 32.1. The second kappa shape index (κ2) is 14.4. The lowest BCUT2D eigenvalue weighted by Gasteiger charge is -2.24. The van der Waals surface area contributed by atoms with Gasteiger partial charge in [0.25, 0.3) is 0 Å². The van der Waals surface area contributed by atoms with Gasteiger partial charge in [-0.05, 0) is 36.8 Å². The molecule has 4 amide bonds. The monoisotopic (exact) mass is 548 g/mol. The third kappa shape index (κ3) is 9.06. The van der Waals surface area contributed by atoms with Crippen molar-refractivity contribution < 1.29 is 29.1 Å². The standard InChI is InChI=1S/C25H36N6O6S/c1-13(2)9-19(25(36)37)30-24(35)20(12-38)31-23(34)18(7-8-21(27)32)29-22(33)16(26)10-14-11-28-17-6-4-3-5-15(14)17/h3-6,11,13,16,18-20,28,38H,7-10,12,26H2,1-2H3,(H2,27,32)(H,29,33)(H,30,35)(H,31,34)(H,36,37). The minimum atomic E-state index is -1.22. The van der Waals surface area contributed by atoms with Crippen molar-refractivity contribution in [2.24, 2.45) is 17.4 Å². The minimum Gasteiger partial charge on any atom is -0.480 e. The number of rotatable bonds is 15. The van der Waals surface area contributed by atoms with Crippen LogP contribution in [0.1, 0.15) is 38.7 Å². The van der Waals surface area contributed by atoms with Gasteiger partial charge in [-0.1, -0.05) is 32.0 Å². The Morgan fingerprint density at radius 3 is 2.18 bits per heavy atom. The lowest BCUT2D eigenvalue weighted by atomic mass is 10.0. The first kappa shape index (κ1) is 30.6. The van der Waals surface area contributed by atoms with Crippen LogP contribution in [0.2, 0.25) is 0 Å². The van der Waals surface area contributed by atoms with Gasteiger partial charge in [0, 0.05) is 29.3 Å². The van der Waals surface area contributed by atoms with Crippen LogP contribution in [0.15, 0.2) is 30.5 Å². The lowest BCUT2D eigenvalue weighted by molar-refractivity contribution is -0.142. The van der Waals surface area contributed by atoms with Gasteiger partial charge in [-0.3, -0.25) is 19.2 Å². The largest absolute Gasteiger partial charge is 0.480 e. The number of para-hydroxylation sites is 1. The highest BCUT2D eigenvalue weighted by Gasteiger charge is 2.30. The molecule has 0 fully saturated rings. The zero-order valence-electron chi connectivity index (χ0n) is 21.4. The molecule has 2 aromatic rings. The van der Waals surface area contributed by atoms with Gasteiger partial charge in [0.2, 0.25) is 23.6 Å². The number of amides is 4. The fourth-order valence-corrected chi connectivity index (χ4v) is 4.15. The number of fused-ring (bicyclic) bond motifs is 1. The van der Waals surface area contributed by atoms with E-state index in [0.717, 1.165) is 16.5 Å². The van der Waals surface area contributed by atoms with Crippen LogP contribution >= 0.6 is 12.6 Å². The van der Waals surface area contributed by atoms with Gasteiger partial charge in [-0.15, -0.1) is 0 Å². The molecule has 1 heterocycles. The van der Waals surface area contributed by atoms with Crippen molar-refractivity contribution in [2.75, 3.05) is 5.75 Å². The molecule has 0 saturated carbocycles. The predicted molar refractivity (Wildman–Crippen MR) is 145 cm³/mol. The van der Waals surface area contributed by atoms with E-state index < -0.39 is 53.8 Å². The minimum absolute atomic E-state index is 0.00213. The Labute approximate surface area is 226 Å². The summed E-state index contributed by atoms with van der Waals surface area (Å²) in [5, 5.41) is 17.7. The number of aliphatic carboxylic acids is 1. The van der Waals surface area contributed by atoms with E-state index in [1.165, 1.54) is 0 Å². The molecule has 12 nitrogen and oxygen atoms in total. The van der Waals surface area contributed by atoms with E-state index in [4.69, 9.17) is 11.5 Å². The third-order valence-corrected chi connectivity index (χ3v) is 6.27. The first-order valence-corrected chi connectivity index (χ1v) is 12.9. The zero-order chi connectivity index (χ0) is 28.4. The molecular formula is C25H36N6O6S. The van der Waals surface area contributed by atoms with Gasteiger partial charge < -0.3 is 37.5 Å². The molecule has 4 unspecified atom stereocenters. The van der Waals surface area contributed by atoms with Crippen molar-refractivity contribution in [3.8, 4) is 0 Å². The summed E-state index contributed by atoms with van der Waals surface area (Å²) in [5.74, 6) is -4.14. The Morgan fingerprint density at radius 1 is 0.974 bits per heavy atom. The number of aromatic nitrogens is 1. The smallest absolute Gasteiger partial charge is 0.326 e. The number of carbonyl (C=O) groups is 5. The SMILES string of the molecule is CC(C)CC(NC(=O)C(CS)NC(=O)C(CCC(N)=O)NC(=O)C(N)Cc1c[nH]c2ccccc12)C(=O)O. The molecule has 38 heavy (non-hydrogen) atoms. The van der Waals surface area contributed by atoms with Crippen molar-refractivity contribution in [1.29, 1.82) is 0 Å². The first-order valence-electron chi connectivity index (χ1n) is 12.3. The molecule has 4 atom stereocenters. The summed E-state index contributed by atoms with van der Waals surface area (Å²) in [6.45, 7) is 3.63. The predicted octanol–water partition coefficient (Wildman–Crippen LogP) is -0.182. The van der Waals surface area contributed by atoms with E-state index in [2.05, 4.69) is 33.6 Å². The number of nitrogens with one attached hydrogen (secondary N) is 4. The summed E-state index contributed by atoms with van der Waals surface area (Å²) in [7, 11) is 0. The molecule has 0 aliphatic heterocycles. The van der Waals surface area contributed by atoms with Crippen molar-refractivity contribution in [3.63, 3.8) is 0 Å². The van der Waals surface area contributed by atoms with E-state index in [9.17, 15) is 29.1 Å². The number of carboxylic acid groups (broad SMARTS) is 1. The number of carboxylic acids is 1. The van der Waals surface area contributed by atoms with Gasteiger partial charge in [-0.2, -0.15) is 12.6 Å². The van der Waals surface area contributed by atoms with Crippen molar-refractivity contribution in [2.45, 2.75) is 63.7 Å². The van der Waals surface area contributed by atoms with Crippen molar-refractivity contribution in [3.05, 3.63) is 36.0 Å². The second-order valence-corrected chi connectivity index (χ2v) is 9.87. The van der Waals surface area contributed by atoms with Crippen LogP contribution in [-0.4, -0.2) is 69.6 Å². The van der Waals surface area contributed by atoms with E-state index in [1.54, 1.807) is 6.20 Å². The maximum Gasteiger partial charge on any atom is 0.326 e. The number of thiol groups is 1. The molecule has 9 N–H and O–H groups in total. The number of primary amides is 1. The molecule has 13 heteroatoms. The summed E-state index contributed by atoms with van der Waals surface area (Å²) in [4.78, 5) is 64.6. The molecule has 1 aromatic carbocycles. The molecule has 0 aliphatic rings. The van der Waals surface area contributed by atoms with Crippen LogP contribution in [0.5, 0.6) is 0 Å². The second-order valence-electron chi connectivity index (χ2n) is 9.51. The van der Waals surface area contributed by atoms with Gasteiger partial charge >= 0.3 is 5.97 Å². The fourth-order valence-electron chi connectivity index (χ4n) is 3.90. The fraction of sp³-hybridized carbons (Fsp3) is 0.480. The Hall–Kier alpha value is -3.58. The van der Waals surface area contributed by atoms with Gasteiger partial charge in [0.05, 0.1) is 6.04 Å². The number of hydrogen-bond acceptors (Lipinski definition) is 7. The van der Waals surface area contributed by atoms with Gasteiger partial charge in [0.15, 0.2) is 0 Å². The average Bonchev–Trinajstić information content (AvgIpc) is 3.26. The molecule has 0 bridgehead atoms. The quantitative estimate of drug-likeness (QED) is 0.141. The highest BCUT2D eigenvalue weighted by Crippen LogP contribution is 2.19. The molecule has 0 saturated heterocycles. The maximum atomic E-state index is 13.0. The van der Waals surface area contributed by atoms with Crippen LogP contribution in [0.4, 0.5) is 0 Å². The number of H-pyrrole nitrogens is 1. The molecule has 0 aliphatic carbocycles. The van der Waals surface area contributed by atoms with Crippen LogP contribution in [0, 0.1) is 5.92 Å². The molecule has 208 valence electrons. The van der Waals surface area contributed by atoms with Gasteiger partial charge in [0.1, 0.15) is 18.1 Å². The lowest BCUT2D eigenvalue weighted by Crippen LogP contribution is -2.58. The van der Waals surface area contributed by atoms with E-state index in [0.29, 0.717) is 0 Å². The van der Waals surface area contributed by atoms with E-state index >= 15 is 0 Å². The van der Waals surface area contributed by atoms with Crippen LogP contribution in [-0.2, 0) is 30.4 Å². The summed E-state index contributed by atoms with van der Waals surface area (Å²) < 4.78 is 0. The maximum absolute atomic E-state index is 13.0. The van der Waals surface area contributed by atoms with Crippen LogP contribution in [0.3, 0.4) is 0 Å². The highest BCUT2D eigenvalue weighted by molar-refractivity contribution is 7.80. The van der Waals surface area contributed by atoms with Crippen molar-refractivity contribution in [1.82, 2.24) is 20.9 Å². The number of carbonyl (C=O) groups excluding carboxylic acids is 4. The molecule has 0 spiro atoms. The van der Waals surface area contributed by atoms with E-state index in [1.807, 2.05) is 38.1 Å². The Bertz CT molecular complexity index is 1150. The number of nitrogens with two attached hydrogens (primary N) is 2. The molecule has 0 radical (unpaired) electrons. The van der Waals surface area contributed by atoms with Crippen LogP contribution in [0.25, 0.3) is 10.9 Å². The molecular weight excluding hydrogens is 512 g/mol. The molecule has 1 aromatic heterocycles. The Balaban J connectivity index is 2.08. The van der Waals surface area contributed by atoms with Gasteiger partial charge in [-0.25, -0.2) is 4.79 Å². The normalized spacial score (nSPS) is 14.3. The number of hydrogen-bond donors (Lipinski definition) is 8. The Morgan fingerprint density at radius 2 is 1.58 bits per heavy atom. The summed E-state index contributed by atoms with van der Waals surface area (Å²) in [5.41, 5.74) is 13.1. The van der Waals surface area contributed by atoms with E-state index in [-0.39, 0.29) is 37.4 Å². The topological polar surface area (TPSA) is 209 Å². The average molecular weight is 549 g/mol. The summed E-state index contributed by atoms with van der Waals surface area (Å²) >= 11 is 4.10. The number of aromatic amines is 1. The third-order valence-electron chi connectivity index (χ3n) is 5.90. The van der Waals surface area contributed by atoms with Crippen LogP contribution < -0.4 is 27.4 Å². The molecule has 2 rings (SSSR count). The van der Waals surface area contributed by atoms with Crippen molar-refractivity contribution >= 4 is 53.1 Å². The zero-order valence-corrected chi connectivity index (χ0v) is 22.3. The number of benzene rings is 1. The summed E-state index contributed by atoms with van der Waals surface area (Å²) in [6, 6.07) is 2.98. The first-order chi connectivity index (χ1) is 17.9. The Kier molecular flexibility index (Phi) is 11.6.